The molecule has 1 amide bonds. The Hall–Kier alpha value is -3.31. The van der Waals surface area contributed by atoms with Gasteiger partial charge >= 0.3 is 0 Å². The van der Waals surface area contributed by atoms with Crippen molar-refractivity contribution < 1.29 is 14.3 Å². The molecule has 0 fully saturated rings. The lowest BCUT2D eigenvalue weighted by atomic mass is 9.97. The highest BCUT2D eigenvalue weighted by molar-refractivity contribution is 5.73. The van der Waals surface area contributed by atoms with Crippen molar-refractivity contribution in [3.05, 3.63) is 94.5 Å². The van der Waals surface area contributed by atoms with Crippen LogP contribution in [-0.2, 0) is 30.9 Å². The fourth-order valence-electron chi connectivity index (χ4n) is 4.43. The van der Waals surface area contributed by atoms with E-state index in [1.165, 1.54) is 16.7 Å². The van der Waals surface area contributed by atoms with E-state index in [2.05, 4.69) is 52.7 Å². The molecule has 1 aliphatic rings. The Morgan fingerprint density at radius 2 is 1.79 bits per heavy atom. The monoisotopic (exact) mass is 444 g/mol. The number of fused-ring (bicyclic) bond motifs is 1. The average molecular weight is 445 g/mol. The first kappa shape index (κ1) is 22.9. The SMILES string of the molecule is COc1c(OCc2ccccc2)ccc2c1CCN(Cc1ccc(C(C)NC(C)=O)cc1)C2. The lowest BCUT2D eigenvalue weighted by Gasteiger charge is -2.30. The van der Waals surface area contributed by atoms with Crippen LogP contribution in [0.4, 0.5) is 0 Å². The number of methoxy groups -OCH3 is 1. The molecule has 0 radical (unpaired) electrons. The maximum absolute atomic E-state index is 11.3. The Bertz CT molecular complexity index is 1080. The molecule has 172 valence electrons. The van der Waals surface area contributed by atoms with Crippen molar-refractivity contribution in [1.29, 1.82) is 0 Å². The molecule has 4 rings (SSSR count). The smallest absolute Gasteiger partial charge is 0.217 e. The first-order valence-electron chi connectivity index (χ1n) is 11.5. The number of ether oxygens (including phenoxy) is 2. The molecule has 3 aromatic rings. The number of rotatable bonds is 8. The summed E-state index contributed by atoms with van der Waals surface area (Å²) in [6.07, 6.45) is 0.929. The summed E-state index contributed by atoms with van der Waals surface area (Å²) in [6.45, 7) is 6.82. The number of carbonyl (C=O) groups is 1. The zero-order valence-corrected chi connectivity index (χ0v) is 19.6. The molecule has 0 aliphatic carbocycles. The number of benzene rings is 3. The van der Waals surface area contributed by atoms with Crippen molar-refractivity contribution in [2.24, 2.45) is 0 Å². The third kappa shape index (κ3) is 5.74. The van der Waals surface area contributed by atoms with Crippen LogP contribution in [0.3, 0.4) is 0 Å². The lowest BCUT2D eigenvalue weighted by Crippen LogP contribution is -2.30. The summed E-state index contributed by atoms with van der Waals surface area (Å²) >= 11 is 0. The third-order valence-corrected chi connectivity index (χ3v) is 6.14. The quantitative estimate of drug-likeness (QED) is 0.529. The molecule has 5 nitrogen and oxygen atoms in total. The number of hydrogen-bond acceptors (Lipinski definition) is 4. The van der Waals surface area contributed by atoms with E-state index in [1.54, 1.807) is 14.0 Å². The van der Waals surface area contributed by atoms with Crippen molar-refractivity contribution in [2.75, 3.05) is 13.7 Å². The van der Waals surface area contributed by atoms with Crippen LogP contribution in [0.1, 0.15) is 47.7 Å². The topological polar surface area (TPSA) is 50.8 Å². The summed E-state index contributed by atoms with van der Waals surface area (Å²) in [4.78, 5) is 13.7. The fraction of sp³-hybridized carbons (Fsp3) is 0.321. The molecule has 0 saturated heterocycles. The number of nitrogens with one attached hydrogen (secondary N) is 1. The molecule has 3 aromatic carbocycles. The molecule has 1 atom stereocenters. The van der Waals surface area contributed by atoms with Gasteiger partial charge in [0.15, 0.2) is 11.5 Å². The van der Waals surface area contributed by atoms with Gasteiger partial charge < -0.3 is 14.8 Å². The van der Waals surface area contributed by atoms with Crippen molar-refractivity contribution in [1.82, 2.24) is 10.2 Å². The van der Waals surface area contributed by atoms with Crippen molar-refractivity contribution in [2.45, 2.75) is 46.0 Å². The van der Waals surface area contributed by atoms with Gasteiger partial charge in [0, 0.05) is 32.1 Å². The molecule has 5 heteroatoms. The molecule has 0 bridgehead atoms. The van der Waals surface area contributed by atoms with E-state index in [0.29, 0.717) is 6.61 Å². The Balaban J connectivity index is 1.40. The van der Waals surface area contributed by atoms with E-state index in [4.69, 9.17) is 9.47 Å². The number of nitrogens with zero attached hydrogens (tertiary/aromatic N) is 1. The highest BCUT2D eigenvalue weighted by Crippen LogP contribution is 2.37. The predicted molar refractivity (Wildman–Crippen MR) is 130 cm³/mol. The normalized spacial score (nSPS) is 14.3. The molecule has 1 aliphatic heterocycles. The van der Waals surface area contributed by atoms with Crippen molar-refractivity contribution in [3.8, 4) is 11.5 Å². The molecule has 1 heterocycles. The standard InChI is InChI=1S/C28H32N2O3/c1-20(29-21(2)31)24-11-9-22(10-12-24)17-30-16-15-26-25(18-30)13-14-27(28(26)32-3)33-19-23-7-5-4-6-8-23/h4-14,20H,15-19H2,1-3H3,(H,29,31). The van der Waals surface area contributed by atoms with Gasteiger partial charge in [0.1, 0.15) is 6.61 Å². The van der Waals surface area contributed by atoms with Gasteiger partial charge in [-0.15, -0.1) is 0 Å². The van der Waals surface area contributed by atoms with Crippen LogP contribution in [-0.4, -0.2) is 24.5 Å². The molecular formula is C28H32N2O3. The zero-order valence-electron chi connectivity index (χ0n) is 19.6. The lowest BCUT2D eigenvalue weighted by molar-refractivity contribution is -0.119. The number of amides is 1. The van der Waals surface area contributed by atoms with Crippen LogP contribution in [0, 0.1) is 0 Å². The minimum Gasteiger partial charge on any atom is -0.493 e. The van der Waals surface area contributed by atoms with Crippen LogP contribution in [0.25, 0.3) is 0 Å². The van der Waals surface area contributed by atoms with Crippen molar-refractivity contribution >= 4 is 5.91 Å². The third-order valence-electron chi connectivity index (χ3n) is 6.14. The molecule has 0 saturated carbocycles. The molecule has 33 heavy (non-hydrogen) atoms. The first-order valence-corrected chi connectivity index (χ1v) is 11.5. The van der Waals surface area contributed by atoms with Gasteiger partial charge in [0.2, 0.25) is 5.91 Å². The van der Waals surface area contributed by atoms with Gasteiger partial charge in [-0.3, -0.25) is 9.69 Å². The second-order valence-corrected chi connectivity index (χ2v) is 8.63. The predicted octanol–water partition coefficient (Wildman–Crippen LogP) is 5.03. The summed E-state index contributed by atoms with van der Waals surface area (Å²) in [6, 6.07) is 22.9. The van der Waals surface area contributed by atoms with E-state index >= 15 is 0 Å². The second kappa shape index (κ2) is 10.5. The van der Waals surface area contributed by atoms with Crippen LogP contribution >= 0.6 is 0 Å². The van der Waals surface area contributed by atoms with Crippen LogP contribution in [0.15, 0.2) is 66.7 Å². The molecule has 1 N–H and O–H groups in total. The summed E-state index contributed by atoms with van der Waals surface area (Å²) in [5.74, 6) is 1.65. The molecule has 0 aromatic heterocycles. The Kier molecular flexibility index (Phi) is 7.30. The Labute approximate surface area is 196 Å². The summed E-state index contributed by atoms with van der Waals surface area (Å²) < 4.78 is 11.9. The number of hydrogen-bond donors (Lipinski definition) is 1. The summed E-state index contributed by atoms with van der Waals surface area (Å²) in [5, 5.41) is 2.93. The summed E-state index contributed by atoms with van der Waals surface area (Å²) in [5.41, 5.74) is 6.07. The first-order chi connectivity index (χ1) is 16.0. The fourth-order valence-corrected chi connectivity index (χ4v) is 4.43. The highest BCUT2D eigenvalue weighted by atomic mass is 16.5. The molecule has 1 unspecified atom stereocenters. The van der Waals surface area contributed by atoms with E-state index in [-0.39, 0.29) is 11.9 Å². The van der Waals surface area contributed by atoms with Gasteiger partial charge in [0.25, 0.3) is 0 Å². The maximum atomic E-state index is 11.3. The maximum Gasteiger partial charge on any atom is 0.217 e. The van der Waals surface area contributed by atoms with Gasteiger partial charge in [-0.25, -0.2) is 0 Å². The molecular weight excluding hydrogens is 412 g/mol. The minimum atomic E-state index is -0.0115. The van der Waals surface area contributed by atoms with Gasteiger partial charge in [-0.1, -0.05) is 60.7 Å². The van der Waals surface area contributed by atoms with Gasteiger partial charge in [-0.2, -0.15) is 0 Å². The van der Waals surface area contributed by atoms with Crippen molar-refractivity contribution in [3.63, 3.8) is 0 Å². The van der Waals surface area contributed by atoms with E-state index < -0.39 is 0 Å². The highest BCUT2D eigenvalue weighted by Gasteiger charge is 2.22. The summed E-state index contributed by atoms with van der Waals surface area (Å²) in [7, 11) is 1.72. The Morgan fingerprint density at radius 3 is 2.48 bits per heavy atom. The Morgan fingerprint density at radius 1 is 1.03 bits per heavy atom. The van der Waals surface area contributed by atoms with E-state index in [0.717, 1.165) is 48.7 Å². The van der Waals surface area contributed by atoms with Gasteiger partial charge in [0.05, 0.1) is 13.2 Å². The zero-order chi connectivity index (χ0) is 23.2. The minimum absolute atomic E-state index is 0.0115. The molecule has 0 spiro atoms. The number of carbonyl (C=O) groups excluding carboxylic acids is 1. The van der Waals surface area contributed by atoms with Crippen LogP contribution in [0.2, 0.25) is 0 Å². The van der Waals surface area contributed by atoms with Gasteiger partial charge in [-0.05, 0) is 41.7 Å². The largest absolute Gasteiger partial charge is 0.493 e. The van der Waals surface area contributed by atoms with Crippen LogP contribution in [0.5, 0.6) is 11.5 Å². The van der Waals surface area contributed by atoms with E-state index in [9.17, 15) is 4.79 Å². The average Bonchev–Trinajstić information content (AvgIpc) is 2.83. The van der Waals surface area contributed by atoms with Crippen LogP contribution < -0.4 is 14.8 Å². The van der Waals surface area contributed by atoms with E-state index in [1.807, 2.05) is 31.2 Å². The second-order valence-electron chi connectivity index (χ2n) is 8.63.